The fraction of sp³-hybridized carbons (Fsp3) is 0.250. The summed E-state index contributed by atoms with van der Waals surface area (Å²) in [5.74, 6) is 0.696. The molecule has 0 aliphatic heterocycles. The van der Waals surface area contributed by atoms with E-state index in [-0.39, 0.29) is 24.8 Å². The largest absolute Gasteiger partial charge is 0.485 e. The van der Waals surface area contributed by atoms with Crippen LogP contribution in [0.5, 0.6) is 5.75 Å². The van der Waals surface area contributed by atoms with Crippen LogP contribution in [-0.4, -0.2) is 33.3 Å². The molecule has 0 saturated carbocycles. The lowest BCUT2D eigenvalue weighted by Gasteiger charge is -2.15. The second kappa shape index (κ2) is 7.46. The van der Waals surface area contributed by atoms with Crippen molar-refractivity contribution >= 4 is 17.2 Å². The quantitative estimate of drug-likeness (QED) is 0.530. The number of aliphatic hydroxyl groups excluding tert-OH is 1. The Balaban J connectivity index is 2.30. The SMILES string of the molecule is CC(=O)C(=N)c1cc(OCc2ncccn2)c(C)cc1NCO. The van der Waals surface area contributed by atoms with E-state index in [1.165, 1.54) is 6.92 Å². The van der Waals surface area contributed by atoms with Gasteiger partial charge in [-0.25, -0.2) is 9.97 Å². The summed E-state index contributed by atoms with van der Waals surface area (Å²) < 4.78 is 5.70. The van der Waals surface area contributed by atoms with E-state index in [0.29, 0.717) is 22.8 Å². The van der Waals surface area contributed by atoms with Gasteiger partial charge in [-0.2, -0.15) is 0 Å². The zero-order valence-electron chi connectivity index (χ0n) is 13.0. The number of rotatable bonds is 7. The van der Waals surface area contributed by atoms with Gasteiger partial charge in [0.1, 0.15) is 24.8 Å². The number of hydrogen-bond donors (Lipinski definition) is 3. The summed E-state index contributed by atoms with van der Waals surface area (Å²) in [5.41, 5.74) is 1.54. The van der Waals surface area contributed by atoms with E-state index >= 15 is 0 Å². The second-order valence-corrected chi connectivity index (χ2v) is 4.88. The lowest BCUT2D eigenvalue weighted by Crippen LogP contribution is -2.14. The monoisotopic (exact) mass is 314 g/mol. The Morgan fingerprint density at radius 1 is 1.35 bits per heavy atom. The fourth-order valence-electron chi connectivity index (χ4n) is 2.02. The van der Waals surface area contributed by atoms with Crippen LogP contribution in [0.1, 0.15) is 23.9 Å². The highest BCUT2D eigenvalue weighted by Gasteiger charge is 2.15. The molecule has 120 valence electrons. The molecular formula is C16H18N4O3. The normalized spacial score (nSPS) is 10.2. The number of nitrogens with zero attached hydrogens (tertiary/aromatic N) is 2. The van der Waals surface area contributed by atoms with Crippen molar-refractivity contribution in [3.63, 3.8) is 0 Å². The van der Waals surface area contributed by atoms with E-state index in [2.05, 4.69) is 15.3 Å². The topological polar surface area (TPSA) is 108 Å². The molecule has 7 heteroatoms. The molecule has 23 heavy (non-hydrogen) atoms. The van der Waals surface area contributed by atoms with Gasteiger partial charge in [-0.3, -0.25) is 10.2 Å². The number of nitrogens with one attached hydrogen (secondary N) is 2. The first-order valence-electron chi connectivity index (χ1n) is 7.01. The molecule has 0 amide bonds. The number of aliphatic hydroxyl groups is 1. The Morgan fingerprint density at radius 2 is 2.04 bits per heavy atom. The summed E-state index contributed by atoms with van der Waals surface area (Å²) >= 11 is 0. The maximum Gasteiger partial charge on any atom is 0.178 e. The van der Waals surface area contributed by atoms with E-state index in [1.54, 1.807) is 30.6 Å². The maximum atomic E-state index is 11.5. The van der Waals surface area contributed by atoms with Gasteiger partial charge in [0.15, 0.2) is 11.6 Å². The Bertz CT molecular complexity index is 717. The van der Waals surface area contributed by atoms with Gasteiger partial charge in [-0.05, 0) is 30.7 Å². The molecular weight excluding hydrogens is 296 g/mol. The van der Waals surface area contributed by atoms with Gasteiger partial charge in [0.2, 0.25) is 0 Å². The molecule has 0 fully saturated rings. The summed E-state index contributed by atoms with van der Waals surface area (Å²) in [5, 5.41) is 19.7. The van der Waals surface area contributed by atoms with Crippen molar-refractivity contribution in [1.29, 1.82) is 5.41 Å². The van der Waals surface area contributed by atoms with Crippen LogP contribution in [0.3, 0.4) is 0 Å². The number of carbonyl (C=O) groups is 1. The van der Waals surface area contributed by atoms with Crippen LogP contribution in [-0.2, 0) is 11.4 Å². The lowest BCUT2D eigenvalue weighted by atomic mass is 10.0. The van der Waals surface area contributed by atoms with Crippen molar-refractivity contribution in [2.45, 2.75) is 20.5 Å². The van der Waals surface area contributed by atoms with Crippen molar-refractivity contribution in [2.24, 2.45) is 0 Å². The predicted octanol–water partition coefficient (Wildman–Crippen LogP) is 1.68. The van der Waals surface area contributed by atoms with Crippen molar-refractivity contribution in [2.75, 3.05) is 12.0 Å². The number of Topliss-reactive ketones (excluding diaryl/α,β-unsaturated/α-hetero) is 1. The van der Waals surface area contributed by atoms with Crippen LogP contribution in [0.25, 0.3) is 0 Å². The van der Waals surface area contributed by atoms with E-state index in [9.17, 15) is 4.79 Å². The minimum atomic E-state index is -0.368. The number of hydrogen-bond acceptors (Lipinski definition) is 7. The number of aryl methyl sites for hydroxylation is 1. The van der Waals surface area contributed by atoms with Crippen molar-refractivity contribution in [3.8, 4) is 5.75 Å². The van der Waals surface area contributed by atoms with Crippen molar-refractivity contribution < 1.29 is 14.6 Å². The highest BCUT2D eigenvalue weighted by Crippen LogP contribution is 2.28. The van der Waals surface area contributed by atoms with E-state index in [4.69, 9.17) is 15.3 Å². The lowest BCUT2D eigenvalue weighted by molar-refractivity contribution is -0.111. The van der Waals surface area contributed by atoms with Gasteiger partial charge in [-0.1, -0.05) is 0 Å². The van der Waals surface area contributed by atoms with Crippen LogP contribution in [0.15, 0.2) is 30.6 Å². The van der Waals surface area contributed by atoms with Gasteiger partial charge >= 0.3 is 0 Å². The van der Waals surface area contributed by atoms with E-state index < -0.39 is 0 Å². The van der Waals surface area contributed by atoms with Crippen LogP contribution in [0, 0.1) is 12.3 Å². The molecule has 3 N–H and O–H groups in total. The summed E-state index contributed by atoms with van der Waals surface area (Å²) in [6, 6.07) is 5.06. The van der Waals surface area contributed by atoms with Gasteiger partial charge in [0.05, 0.1) is 0 Å². The average molecular weight is 314 g/mol. The third-order valence-corrected chi connectivity index (χ3v) is 3.18. The van der Waals surface area contributed by atoms with Gasteiger partial charge in [-0.15, -0.1) is 0 Å². The Hall–Kier alpha value is -2.80. The highest BCUT2D eigenvalue weighted by atomic mass is 16.5. The molecule has 1 heterocycles. The summed E-state index contributed by atoms with van der Waals surface area (Å²) in [4.78, 5) is 19.7. The Morgan fingerprint density at radius 3 is 2.65 bits per heavy atom. The number of ether oxygens (including phenoxy) is 1. The summed E-state index contributed by atoms with van der Waals surface area (Å²) in [6.45, 7) is 3.05. The molecule has 0 spiro atoms. The van der Waals surface area contributed by atoms with E-state index in [0.717, 1.165) is 5.56 Å². The first-order valence-corrected chi connectivity index (χ1v) is 7.01. The summed E-state index contributed by atoms with van der Waals surface area (Å²) in [6.07, 6.45) is 3.26. The number of carbonyl (C=O) groups excluding carboxylic acids is 1. The molecule has 0 bridgehead atoms. The molecule has 7 nitrogen and oxygen atoms in total. The van der Waals surface area contributed by atoms with Gasteiger partial charge in [0.25, 0.3) is 0 Å². The minimum Gasteiger partial charge on any atom is -0.485 e. The number of aromatic nitrogens is 2. The van der Waals surface area contributed by atoms with Crippen molar-refractivity contribution in [3.05, 3.63) is 47.5 Å². The zero-order chi connectivity index (χ0) is 16.8. The third-order valence-electron chi connectivity index (χ3n) is 3.18. The average Bonchev–Trinajstić information content (AvgIpc) is 2.54. The molecule has 0 unspecified atom stereocenters. The smallest absolute Gasteiger partial charge is 0.178 e. The number of benzene rings is 1. The molecule has 0 atom stereocenters. The fourth-order valence-corrected chi connectivity index (χ4v) is 2.02. The molecule has 1 aromatic heterocycles. The van der Waals surface area contributed by atoms with Crippen LogP contribution < -0.4 is 10.1 Å². The van der Waals surface area contributed by atoms with Crippen molar-refractivity contribution in [1.82, 2.24) is 9.97 Å². The second-order valence-electron chi connectivity index (χ2n) is 4.88. The van der Waals surface area contributed by atoms with Gasteiger partial charge < -0.3 is 15.2 Å². The van der Waals surface area contributed by atoms with Crippen LogP contribution in [0.4, 0.5) is 5.69 Å². The standard InChI is InChI=1S/C16H18N4O3/c1-10-6-13(20-9-21)12(16(17)11(2)22)7-14(10)23-8-15-18-4-3-5-19-15/h3-7,17,20-21H,8-9H2,1-2H3. The van der Waals surface area contributed by atoms with Crippen LogP contribution in [0.2, 0.25) is 0 Å². The summed E-state index contributed by atoms with van der Waals surface area (Å²) in [7, 11) is 0. The molecule has 2 rings (SSSR count). The number of ketones is 1. The van der Waals surface area contributed by atoms with Gasteiger partial charge in [0, 0.05) is 30.6 Å². The molecule has 0 aliphatic carbocycles. The molecule has 0 aliphatic rings. The molecule has 1 aromatic carbocycles. The first kappa shape index (κ1) is 16.6. The Kier molecular flexibility index (Phi) is 5.37. The van der Waals surface area contributed by atoms with Crippen LogP contribution >= 0.6 is 0 Å². The molecule has 0 radical (unpaired) electrons. The molecule has 0 saturated heterocycles. The predicted molar refractivity (Wildman–Crippen MR) is 85.8 cm³/mol. The maximum absolute atomic E-state index is 11.5. The highest BCUT2D eigenvalue weighted by molar-refractivity contribution is 6.45. The zero-order valence-corrected chi connectivity index (χ0v) is 13.0. The van der Waals surface area contributed by atoms with E-state index in [1.807, 2.05) is 6.92 Å². The Labute approximate surface area is 133 Å². The first-order chi connectivity index (χ1) is 11.0. The number of anilines is 1. The molecule has 2 aromatic rings. The third kappa shape index (κ3) is 4.10. The minimum absolute atomic E-state index is 0.151.